The predicted octanol–water partition coefficient (Wildman–Crippen LogP) is 2.92. The Bertz CT molecular complexity index is 856. The van der Waals surface area contributed by atoms with E-state index in [4.69, 9.17) is 4.84 Å². The van der Waals surface area contributed by atoms with Gasteiger partial charge in [-0.25, -0.2) is 12.8 Å². The predicted molar refractivity (Wildman–Crippen MR) is 102 cm³/mol. The summed E-state index contributed by atoms with van der Waals surface area (Å²) >= 11 is 1.58. The molecule has 2 aromatic carbocycles. The number of sulfonamides is 1. The normalized spacial score (nSPS) is 11.6. The van der Waals surface area contributed by atoms with E-state index in [0.717, 1.165) is 21.5 Å². The Morgan fingerprint density at radius 1 is 1.15 bits per heavy atom. The maximum Gasteiger partial charge on any atom is 0.264 e. The van der Waals surface area contributed by atoms with Crippen LogP contribution < -0.4 is 5.32 Å². The summed E-state index contributed by atoms with van der Waals surface area (Å²) in [5, 5.41) is 2.79. The van der Waals surface area contributed by atoms with E-state index in [-0.39, 0.29) is 16.6 Å². The number of nitrogens with one attached hydrogen (secondary N) is 1. The lowest BCUT2D eigenvalue weighted by molar-refractivity contribution is -0.0258. The summed E-state index contributed by atoms with van der Waals surface area (Å²) < 4.78 is 37.8. The molecule has 27 heavy (non-hydrogen) atoms. The van der Waals surface area contributed by atoms with Gasteiger partial charge >= 0.3 is 0 Å². The number of thioether (sulfide) groups is 1. The van der Waals surface area contributed by atoms with E-state index in [9.17, 15) is 17.6 Å². The Morgan fingerprint density at radius 2 is 1.78 bits per heavy atom. The van der Waals surface area contributed by atoms with Crippen LogP contribution in [0.5, 0.6) is 0 Å². The molecule has 0 aliphatic heterocycles. The van der Waals surface area contributed by atoms with Gasteiger partial charge in [0.15, 0.2) is 0 Å². The van der Waals surface area contributed by atoms with Gasteiger partial charge in [0, 0.05) is 24.1 Å². The number of rotatable bonds is 9. The van der Waals surface area contributed by atoms with Gasteiger partial charge in [-0.1, -0.05) is 4.47 Å². The number of hydroxylamine groups is 1. The Kier molecular flexibility index (Phi) is 7.78. The standard InChI is InChI=1S/C18H21FN2O4S2/c1-21(25-2)27(23,24)17-10-4-14(5-11-17)18(22)20-12-3-13-26-16-8-6-15(19)7-9-16/h4-11H,3,12-13H2,1-2H3,(H,20,22). The Hall–Kier alpha value is -1.94. The maximum atomic E-state index is 12.8. The van der Waals surface area contributed by atoms with Gasteiger partial charge in [0.25, 0.3) is 15.9 Å². The molecule has 6 nitrogen and oxygen atoms in total. The molecule has 0 heterocycles. The summed E-state index contributed by atoms with van der Waals surface area (Å²) in [6, 6.07) is 11.9. The van der Waals surface area contributed by atoms with Crippen molar-refractivity contribution in [3.63, 3.8) is 0 Å². The third-order valence-corrected chi connectivity index (χ3v) is 6.49. The van der Waals surface area contributed by atoms with Crippen LogP contribution in [0.4, 0.5) is 4.39 Å². The fourth-order valence-corrected chi connectivity index (χ4v) is 3.95. The third kappa shape index (κ3) is 6.03. The molecule has 0 aliphatic carbocycles. The quantitative estimate of drug-likeness (QED) is 0.389. The Balaban J connectivity index is 1.79. The van der Waals surface area contributed by atoms with Gasteiger partial charge in [0.2, 0.25) is 0 Å². The van der Waals surface area contributed by atoms with Gasteiger partial charge < -0.3 is 5.32 Å². The lowest BCUT2D eigenvalue weighted by atomic mass is 10.2. The number of benzene rings is 2. The summed E-state index contributed by atoms with van der Waals surface area (Å²) in [4.78, 5) is 17.8. The van der Waals surface area contributed by atoms with Crippen molar-refractivity contribution in [3.05, 3.63) is 59.9 Å². The number of hydrogen-bond acceptors (Lipinski definition) is 5. The van der Waals surface area contributed by atoms with E-state index in [0.29, 0.717) is 12.1 Å². The molecule has 146 valence electrons. The topological polar surface area (TPSA) is 75.7 Å². The number of amides is 1. The first-order chi connectivity index (χ1) is 12.8. The van der Waals surface area contributed by atoms with Crippen molar-refractivity contribution in [1.29, 1.82) is 0 Å². The molecule has 0 bridgehead atoms. The first kappa shape index (κ1) is 21.4. The lowest BCUT2D eigenvalue weighted by Gasteiger charge is -2.14. The van der Waals surface area contributed by atoms with Crippen LogP contribution in [0.2, 0.25) is 0 Å². The monoisotopic (exact) mass is 412 g/mol. The van der Waals surface area contributed by atoms with Crippen LogP contribution in [0, 0.1) is 5.82 Å². The van der Waals surface area contributed by atoms with Crippen LogP contribution in [0.1, 0.15) is 16.8 Å². The second-order valence-electron chi connectivity index (χ2n) is 5.53. The molecule has 2 aromatic rings. The van der Waals surface area contributed by atoms with Gasteiger partial charge in [-0.3, -0.25) is 9.63 Å². The summed E-state index contributed by atoms with van der Waals surface area (Å²) in [5.41, 5.74) is 0.375. The molecule has 0 atom stereocenters. The molecule has 0 fully saturated rings. The van der Waals surface area contributed by atoms with Crippen LogP contribution >= 0.6 is 11.8 Å². The number of carbonyl (C=O) groups is 1. The minimum atomic E-state index is -3.73. The second-order valence-corrected chi connectivity index (χ2v) is 8.64. The van der Waals surface area contributed by atoms with E-state index < -0.39 is 10.0 Å². The highest BCUT2D eigenvalue weighted by Crippen LogP contribution is 2.18. The van der Waals surface area contributed by atoms with Crippen molar-refractivity contribution in [1.82, 2.24) is 9.79 Å². The largest absolute Gasteiger partial charge is 0.352 e. The first-order valence-electron chi connectivity index (χ1n) is 8.14. The van der Waals surface area contributed by atoms with E-state index >= 15 is 0 Å². The summed E-state index contributed by atoms with van der Waals surface area (Å²) in [6.07, 6.45) is 0.749. The molecule has 2 rings (SSSR count). The zero-order chi connectivity index (χ0) is 19.9. The number of halogens is 1. The van der Waals surface area contributed by atoms with E-state index in [1.54, 1.807) is 23.9 Å². The van der Waals surface area contributed by atoms with E-state index in [1.807, 2.05) is 0 Å². The molecule has 0 saturated heterocycles. The van der Waals surface area contributed by atoms with Crippen molar-refractivity contribution in [3.8, 4) is 0 Å². The summed E-state index contributed by atoms with van der Waals surface area (Å²) in [5.74, 6) is 0.247. The van der Waals surface area contributed by atoms with Crippen LogP contribution in [0.3, 0.4) is 0 Å². The minimum absolute atomic E-state index is 0.0408. The number of hydrogen-bond donors (Lipinski definition) is 1. The van der Waals surface area contributed by atoms with Crippen LogP contribution in [0.15, 0.2) is 58.3 Å². The minimum Gasteiger partial charge on any atom is -0.352 e. The zero-order valence-corrected chi connectivity index (χ0v) is 16.6. The van der Waals surface area contributed by atoms with E-state index in [1.165, 1.54) is 50.6 Å². The smallest absolute Gasteiger partial charge is 0.264 e. The molecule has 0 spiro atoms. The molecule has 0 aliphatic rings. The molecule has 0 saturated carbocycles. The molecule has 0 aromatic heterocycles. The third-order valence-electron chi connectivity index (χ3n) is 3.70. The molecule has 0 radical (unpaired) electrons. The molecule has 9 heteroatoms. The Labute approximate surface area is 162 Å². The second kappa shape index (κ2) is 9.84. The molecule has 1 N–H and O–H groups in total. The van der Waals surface area contributed by atoms with Gasteiger partial charge in [-0.15, -0.1) is 11.8 Å². The fourth-order valence-electron chi connectivity index (χ4n) is 2.12. The summed E-state index contributed by atoms with van der Waals surface area (Å²) in [6.45, 7) is 0.486. The van der Waals surface area contributed by atoms with Crippen LogP contribution in [0.25, 0.3) is 0 Å². The van der Waals surface area contributed by atoms with E-state index in [2.05, 4.69) is 5.32 Å². The highest BCUT2D eigenvalue weighted by Gasteiger charge is 2.20. The maximum absolute atomic E-state index is 12.8. The lowest BCUT2D eigenvalue weighted by Crippen LogP contribution is -2.26. The summed E-state index contributed by atoms with van der Waals surface area (Å²) in [7, 11) is -1.18. The molecular formula is C18H21FN2O4S2. The molecular weight excluding hydrogens is 391 g/mol. The molecule has 1 amide bonds. The van der Waals surface area contributed by atoms with Crippen molar-refractivity contribution >= 4 is 27.7 Å². The zero-order valence-electron chi connectivity index (χ0n) is 15.0. The van der Waals surface area contributed by atoms with Crippen molar-refractivity contribution in [2.75, 3.05) is 26.5 Å². The average Bonchev–Trinajstić information content (AvgIpc) is 2.68. The fraction of sp³-hybridized carbons (Fsp3) is 0.278. The number of carbonyl (C=O) groups excluding carboxylic acids is 1. The van der Waals surface area contributed by atoms with Crippen molar-refractivity contribution < 1.29 is 22.4 Å². The van der Waals surface area contributed by atoms with Crippen LogP contribution in [-0.4, -0.2) is 45.2 Å². The van der Waals surface area contributed by atoms with Gasteiger partial charge in [0.1, 0.15) is 5.82 Å². The van der Waals surface area contributed by atoms with Gasteiger partial charge in [0.05, 0.1) is 12.0 Å². The van der Waals surface area contributed by atoms with Gasteiger partial charge in [-0.2, -0.15) is 0 Å². The average molecular weight is 413 g/mol. The SMILES string of the molecule is CON(C)S(=O)(=O)c1ccc(C(=O)NCCCSc2ccc(F)cc2)cc1. The van der Waals surface area contributed by atoms with Crippen LogP contribution in [-0.2, 0) is 14.9 Å². The Morgan fingerprint density at radius 3 is 2.37 bits per heavy atom. The highest BCUT2D eigenvalue weighted by atomic mass is 32.2. The van der Waals surface area contributed by atoms with Gasteiger partial charge in [-0.05, 0) is 60.7 Å². The molecule has 0 unspecified atom stereocenters. The first-order valence-corrected chi connectivity index (χ1v) is 10.6. The van der Waals surface area contributed by atoms with Crippen molar-refractivity contribution in [2.45, 2.75) is 16.2 Å². The number of nitrogens with zero attached hydrogens (tertiary/aromatic N) is 1. The van der Waals surface area contributed by atoms with Crippen molar-refractivity contribution in [2.24, 2.45) is 0 Å². The highest BCUT2D eigenvalue weighted by molar-refractivity contribution is 7.99.